The fraction of sp³-hybridized carbons (Fsp3) is 0.200. The minimum absolute atomic E-state index is 0.0588. The predicted molar refractivity (Wildman–Crippen MR) is 123 cm³/mol. The SMILES string of the molecule is O=C(c1ccc(Oc2ccccc2)cc1)N(CC1CCCO1)c1nc2c(F)cccc2s1. The van der Waals surface area contributed by atoms with Gasteiger partial charge in [-0.15, -0.1) is 0 Å². The Kier molecular flexibility index (Phi) is 5.83. The Labute approximate surface area is 189 Å². The molecule has 0 aliphatic carbocycles. The van der Waals surface area contributed by atoms with Gasteiger partial charge in [-0.05, 0) is 61.4 Å². The van der Waals surface area contributed by atoms with Crippen LogP contribution < -0.4 is 9.64 Å². The molecule has 4 aromatic rings. The molecular formula is C25H21FN2O3S. The van der Waals surface area contributed by atoms with E-state index in [4.69, 9.17) is 9.47 Å². The number of hydrogen-bond donors (Lipinski definition) is 0. The van der Waals surface area contributed by atoms with Crippen molar-refractivity contribution in [3.05, 3.63) is 84.2 Å². The zero-order valence-electron chi connectivity index (χ0n) is 17.2. The summed E-state index contributed by atoms with van der Waals surface area (Å²) in [6.45, 7) is 1.06. The molecule has 7 heteroatoms. The van der Waals surface area contributed by atoms with Crippen LogP contribution in [0.25, 0.3) is 10.2 Å². The van der Waals surface area contributed by atoms with Crippen molar-refractivity contribution in [3.8, 4) is 11.5 Å². The summed E-state index contributed by atoms with van der Waals surface area (Å²) in [7, 11) is 0. The van der Waals surface area contributed by atoms with E-state index in [-0.39, 0.29) is 17.5 Å². The number of para-hydroxylation sites is 2. The topological polar surface area (TPSA) is 51.7 Å². The number of benzene rings is 3. The van der Waals surface area contributed by atoms with E-state index in [1.165, 1.54) is 17.4 Å². The van der Waals surface area contributed by atoms with Crippen molar-refractivity contribution in [2.24, 2.45) is 0 Å². The van der Waals surface area contributed by atoms with Gasteiger partial charge in [-0.25, -0.2) is 9.37 Å². The van der Waals surface area contributed by atoms with Crippen LogP contribution in [-0.4, -0.2) is 30.1 Å². The second-order valence-electron chi connectivity index (χ2n) is 7.57. The highest BCUT2D eigenvalue weighted by molar-refractivity contribution is 7.22. The lowest BCUT2D eigenvalue weighted by Gasteiger charge is -2.23. The normalized spacial score (nSPS) is 15.7. The molecule has 32 heavy (non-hydrogen) atoms. The summed E-state index contributed by atoms with van der Waals surface area (Å²) in [6.07, 6.45) is 1.79. The molecule has 1 aromatic heterocycles. The van der Waals surface area contributed by atoms with Gasteiger partial charge in [0.15, 0.2) is 5.13 Å². The van der Waals surface area contributed by atoms with Gasteiger partial charge < -0.3 is 9.47 Å². The number of aromatic nitrogens is 1. The number of nitrogens with zero attached hydrogens (tertiary/aromatic N) is 2. The van der Waals surface area contributed by atoms with E-state index in [0.29, 0.717) is 34.3 Å². The lowest BCUT2D eigenvalue weighted by atomic mass is 10.1. The second-order valence-corrected chi connectivity index (χ2v) is 8.58. The zero-order chi connectivity index (χ0) is 21.9. The average Bonchev–Trinajstić information content (AvgIpc) is 3.49. The van der Waals surface area contributed by atoms with Crippen LogP contribution in [0.4, 0.5) is 9.52 Å². The van der Waals surface area contributed by atoms with Crippen molar-refractivity contribution in [2.45, 2.75) is 18.9 Å². The van der Waals surface area contributed by atoms with E-state index in [2.05, 4.69) is 4.98 Å². The maximum Gasteiger partial charge on any atom is 0.260 e. The van der Waals surface area contributed by atoms with Gasteiger partial charge in [0.25, 0.3) is 5.91 Å². The molecule has 1 aliphatic heterocycles. The number of amides is 1. The van der Waals surface area contributed by atoms with Crippen LogP contribution in [-0.2, 0) is 4.74 Å². The number of carbonyl (C=O) groups excluding carboxylic acids is 1. The van der Waals surface area contributed by atoms with Crippen molar-refractivity contribution in [3.63, 3.8) is 0 Å². The molecule has 0 N–H and O–H groups in total. The van der Waals surface area contributed by atoms with Crippen LogP contribution in [0.1, 0.15) is 23.2 Å². The van der Waals surface area contributed by atoms with Gasteiger partial charge in [0.05, 0.1) is 17.3 Å². The highest BCUT2D eigenvalue weighted by Gasteiger charge is 2.27. The third kappa shape index (κ3) is 4.35. The van der Waals surface area contributed by atoms with Gasteiger partial charge in [-0.1, -0.05) is 35.6 Å². The first-order chi connectivity index (χ1) is 15.7. The van der Waals surface area contributed by atoms with Gasteiger partial charge >= 0.3 is 0 Å². The average molecular weight is 449 g/mol. The molecule has 162 valence electrons. The number of rotatable bonds is 6. The third-order valence-electron chi connectivity index (χ3n) is 5.32. The van der Waals surface area contributed by atoms with Crippen molar-refractivity contribution in [2.75, 3.05) is 18.1 Å². The molecule has 0 bridgehead atoms. The summed E-state index contributed by atoms with van der Waals surface area (Å²) in [5, 5.41) is 0.468. The Morgan fingerprint density at radius 2 is 1.84 bits per heavy atom. The molecule has 0 saturated carbocycles. The lowest BCUT2D eigenvalue weighted by Crippen LogP contribution is -2.37. The number of hydrogen-bond acceptors (Lipinski definition) is 5. The van der Waals surface area contributed by atoms with E-state index in [9.17, 15) is 9.18 Å². The summed E-state index contributed by atoms with van der Waals surface area (Å²) in [4.78, 5) is 19.5. The molecule has 5 rings (SSSR count). The van der Waals surface area contributed by atoms with E-state index >= 15 is 0 Å². The maximum atomic E-state index is 14.2. The summed E-state index contributed by atoms with van der Waals surface area (Å²) < 4.78 is 26.5. The number of ether oxygens (including phenoxy) is 2. The molecule has 1 amide bonds. The standard InChI is InChI=1S/C25H21FN2O3S/c26-21-9-4-10-22-23(21)27-25(32-22)28(16-20-8-5-15-30-20)24(29)17-11-13-19(14-12-17)31-18-6-2-1-3-7-18/h1-4,6-7,9-14,20H,5,8,15-16H2. The Balaban J connectivity index is 1.42. The molecule has 1 aliphatic rings. The van der Waals surface area contributed by atoms with Gasteiger partial charge in [0.1, 0.15) is 22.8 Å². The Bertz CT molecular complexity index is 1220. The zero-order valence-corrected chi connectivity index (χ0v) is 18.1. The Morgan fingerprint density at radius 3 is 2.56 bits per heavy atom. The monoisotopic (exact) mass is 448 g/mol. The highest BCUT2D eigenvalue weighted by Crippen LogP contribution is 2.32. The van der Waals surface area contributed by atoms with E-state index in [1.54, 1.807) is 35.2 Å². The lowest BCUT2D eigenvalue weighted by molar-refractivity contribution is 0.0917. The van der Waals surface area contributed by atoms with Gasteiger partial charge in [-0.3, -0.25) is 9.69 Å². The summed E-state index contributed by atoms with van der Waals surface area (Å²) >= 11 is 1.30. The third-order valence-corrected chi connectivity index (χ3v) is 6.37. The van der Waals surface area contributed by atoms with Gasteiger partial charge in [0.2, 0.25) is 0 Å². The van der Waals surface area contributed by atoms with Crippen LogP contribution in [0.2, 0.25) is 0 Å². The summed E-state index contributed by atoms with van der Waals surface area (Å²) in [5.41, 5.74) is 0.785. The van der Waals surface area contributed by atoms with Crippen molar-refractivity contribution in [1.29, 1.82) is 0 Å². The number of fused-ring (bicyclic) bond motifs is 1. The molecule has 1 fully saturated rings. The van der Waals surface area contributed by atoms with Gasteiger partial charge in [0, 0.05) is 12.2 Å². The van der Waals surface area contributed by atoms with E-state index < -0.39 is 5.82 Å². The second kappa shape index (κ2) is 9.06. The van der Waals surface area contributed by atoms with E-state index in [0.717, 1.165) is 18.6 Å². The van der Waals surface area contributed by atoms with Crippen LogP contribution >= 0.6 is 11.3 Å². The molecule has 2 heterocycles. The molecular weight excluding hydrogens is 427 g/mol. The summed E-state index contributed by atoms with van der Waals surface area (Å²) in [6, 6.07) is 21.3. The molecule has 1 atom stereocenters. The first-order valence-corrected chi connectivity index (χ1v) is 11.3. The molecule has 1 unspecified atom stereocenters. The Hall–Kier alpha value is -3.29. The molecule has 3 aromatic carbocycles. The quantitative estimate of drug-likeness (QED) is 0.360. The molecule has 5 nitrogen and oxygen atoms in total. The smallest absolute Gasteiger partial charge is 0.260 e. The predicted octanol–water partition coefficient (Wildman–Crippen LogP) is 6.05. The molecule has 0 radical (unpaired) electrons. The largest absolute Gasteiger partial charge is 0.457 e. The summed E-state index contributed by atoms with van der Waals surface area (Å²) in [5.74, 6) is 0.770. The van der Waals surface area contributed by atoms with E-state index in [1.807, 2.05) is 36.4 Å². The molecule has 0 spiro atoms. The van der Waals surface area contributed by atoms with Crippen molar-refractivity contribution < 1.29 is 18.7 Å². The molecule has 1 saturated heterocycles. The first-order valence-electron chi connectivity index (χ1n) is 10.5. The number of thiazole rings is 1. The van der Waals surface area contributed by atoms with Crippen LogP contribution in [0.15, 0.2) is 72.8 Å². The van der Waals surface area contributed by atoms with Crippen molar-refractivity contribution in [1.82, 2.24) is 4.98 Å². The Morgan fingerprint density at radius 1 is 1.06 bits per heavy atom. The fourth-order valence-corrected chi connectivity index (χ4v) is 4.69. The minimum Gasteiger partial charge on any atom is -0.457 e. The number of halogens is 1. The van der Waals surface area contributed by atoms with Crippen LogP contribution in [0.5, 0.6) is 11.5 Å². The van der Waals surface area contributed by atoms with Crippen LogP contribution in [0, 0.1) is 5.82 Å². The van der Waals surface area contributed by atoms with Crippen LogP contribution in [0.3, 0.4) is 0 Å². The van der Waals surface area contributed by atoms with Gasteiger partial charge in [-0.2, -0.15) is 0 Å². The maximum absolute atomic E-state index is 14.2. The first kappa shape index (κ1) is 20.6. The minimum atomic E-state index is -0.392. The van der Waals surface area contributed by atoms with Crippen molar-refractivity contribution >= 4 is 32.6 Å². The highest BCUT2D eigenvalue weighted by atomic mass is 32.1. The number of anilines is 1. The number of carbonyl (C=O) groups is 1. The fourth-order valence-electron chi connectivity index (χ4n) is 3.70.